The van der Waals surface area contributed by atoms with Crippen molar-refractivity contribution in [3.05, 3.63) is 64.7 Å². The first-order valence-electron chi connectivity index (χ1n) is 9.09. The fraction of sp³-hybridized carbons (Fsp3) is 0.286. The van der Waals surface area contributed by atoms with Gasteiger partial charge in [0.15, 0.2) is 0 Å². The Hall–Kier alpha value is -2.95. The molecule has 0 aliphatic heterocycles. The van der Waals surface area contributed by atoms with E-state index in [-0.39, 0.29) is 11.9 Å². The van der Waals surface area contributed by atoms with Crippen molar-refractivity contribution in [2.45, 2.75) is 39.0 Å². The van der Waals surface area contributed by atoms with E-state index in [1.807, 2.05) is 18.2 Å². The van der Waals surface area contributed by atoms with Crippen LogP contribution in [0.4, 0.5) is 6.01 Å². The monoisotopic (exact) mass is 347 g/mol. The van der Waals surface area contributed by atoms with Gasteiger partial charge in [0.1, 0.15) is 0 Å². The van der Waals surface area contributed by atoms with Crippen molar-refractivity contribution < 1.29 is 9.21 Å². The van der Waals surface area contributed by atoms with E-state index in [2.05, 4.69) is 34.6 Å². The Bertz CT molecular complexity index is 929. The van der Waals surface area contributed by atoms with Crippen LogP contribution in [0.3, 0.4) is 0 Å². The van der Waals surface area contributed by atoms with Crippen LogP contribution in [0.15, 0.2) is 46.9 Å². The molecule has 0 fully saturated rings. The normalized spacial score (nSPS) is 13.3. The zero-order valence-electron chi connectivity index (χ0n) is 14.8. The number of nitrogens with zero attached hydrogens (tertiary/aromatic N) is 2. The molecule has 2 aromatic carbocycles. The number of hydrogen-bond acceptors (Lipinski definition) is 4. The minimum atomic E-state index is -0.256. The molecular formula is C21H21N3O2. The standard InChI is InChI=1S/C21H21N3O2/c1-2-14-7-9-16(10-8-14)19(25)22-21-24-23-20(26-21)18-12-11-15-5-3-4-6-17(15)13-18/h7-13H,2-6H2,1H3,(H,22,24,25). The lowest BCUT2D eigenvalue weighted by molar-refractivity contribution is 0.102. The molecule has 0 spiro atoms. The van der Waals surface area contributed by atoms with Gasteiger partial charge in [-0.05, 0) is 73.1 Å². The third-order valence-electron chi connectivity index (χ3n) is 4.87. The molecule has 0 bridgehead atoms. The zero-order valence-corrected chi connectivity index (χ0v) is 14.8. The van der Waals surface area contributed by atoms with Gasteiger partial charge in [-0.15, -0.1) is 5.10 Å². The second-order valence-corrected chi connectivity index (χ2v) is 6.61. The number of carbonyl (C=O) groups excluding carboxylic acids is 1. The van der Waals surface area contributed by atoms with Crippen molar-refractivity contribution in [1.29, 1.82) is 0 Å². The predicted octanol–water partition coefficient (Wildman–Crippen LogP) is 4.43. The van der Waals surface area contributed by atoms with Crippen molar-refractivity contribution in [2.24, 2.45) is 0 Å². The quantitative estimate of drug-likeness (QED) is 0.758. The van der Waals surface area contributed by atoms with Gasteiger partial charge in [0.2, 0.25) is 5.89 Å². The number of carbonyl (C=O) groups is 1. The SMILES string of the molecule is CCc1ccc(C(=O)Nc2nnc(-c3ccc4c(c3)CCCC4)o2)cc1. The molecule has 0 saturated heterocycles. The number of benzene rings is 2. The lowest BCUT2D eigenvalue weighted by Gasteiger charge is -2.15. The highest BCUT2D eigenvalue weighted by Gasteiger charge is 2.15. The number of aryl methyl sites for hydroxylation is 3. The lowest BCUT2D eigenvalue weighted by Crippen LogP contribution is -2.12. The van der Waals surface area contributed by atoms with Crippen molar-refractivity contribution in [3.63, 3.8) is 0 Å². The smallest absolute Gasteiger partial charge is 0.322 e. The van der Waals surface area contributed by atoms with E-state index in [0.717, 1.165) is 24.8 Å². The van der Waals surface area contributed by atoms with Gasteiger partial charge in [0.25, 0.3) is 5.91 Å². The molecular weight excluding hydrogens is 326 g/mol. The molecule has 0 radical (unpaired) electrons. The van der Waals surface area contributed by atoms with E-state index >= 15 is 0 Å². The van der Waals surface area contributed by atoms with E-state index in [1.54, 1.807) is 12.1 Å². The molecule has 1 N–H and O–H groups in total. The van der Waals surface area contributed by atoms with Gasteiger partial charge in [0, 0.05) is 11.1 Å². The Labute approximate surface area is 152 Å². The minimum Gasteiger partial charge on any atom is -0.403 e. The fourth-order valence-corrected chi connectivity index (χ4v) is 3.32. The number of fused-ring (bicyclic) bond motifs is 1. The summed E-state index contributed by atoms with van der Waals surface area (Å²) in [6, 6.07) is 13.9. The highest BCUT2D eigenvalue weighted by molar-refractivity contribution is 6.03. The van der Waals surface area contributed by atoms with Gasteiger partial charge in [-0.3, -0.25) is 10.1 Å². The van der Waals surface area contributed by atoms with Crippen LogP contribution in [0, 0.1) is 0 Å². The van der Waals surface area contributed by atoms with E-state index in [0.29, 0.717) is 11.5 Å². The van der Waals surface area contributed by atoms with Gasteiger partial charge in [-0.25, -0.2) is 0 Å². The molecule has 1 heterocycles. The Morgan fingerprint density at radius 2 is 1.81 bits per heavy atom. The van der Waals surface area contributed by atoms with Crippen LogP contribution in [-0.4, -0.2) is 16.1 Å². The number of hydrogen-bond donors (Lipinski definition) is 1. The third-order valence-corrected chi connectivity index (χ3v) is 4.87. The Morgan fingerprint density at radius 3 is 2.58 bits per heavy atom. The summed E-state index contributed by atoms with van der Waals surface area (Å²) in [7, 11) is 0. The summed E-state index contributed by atoms with van der Waals surface area (Å²) in [6.45, 7) is 2.08. The van der Waals surface area contributed by atoms with E-state index < -0.39 is 0 Å². The molecule has 132 valence electrons. The second-order valence-electron chi connectivity index (χ2n) is 6.61. The van der Waals surface area contributed by atoms with Crippen molar-refractivity contribution in [1.82, 2.24) is 10.2 Å². The molecule has 26 heavy (non-hydrogen) atoms. The number of aromatic nitrogens is 2. The molecule has 1 aliphatic rings. The van der Waals surface area contributed by atoms with Crippen LogP contribution in [0.5, 0.6) is 0 Å². The van der Waals surface area contributed by atoms with Gasteiger partial charge >= 0.3 is 6.01 Å². The fourth-order valence-electron chi connectivity index (χ4n) is 3.32. The summed E-state index contributed by atoms with van der Waals surface area (Å²) in [4.78, 5) is 12.3. The number of amides is 1. The molecule has 0 atom stereocenters. The molecule has 1 aliphatic carbocycles. The first-order valence-corrected chi connectivity index (χ1v) is 9.09. The summed E-state index contributed by atoms with van der Waals surface area (Å²) >= 11 is 0. The molecule has 0 unspecified atom stereocenters. The van der Waals surface area contributed by atoms with Crippen LogP contribution < -0.4 is 5.32 Å². The van der Waals surface area contributed by atoms with Crippen LogP contribution in [-0.2, 0) is 19.3 Å². The van der Waals surface area contributed by atoms with Gasteiger partial charge in [-0.2, -0.15) is 0 Å². The predicted molar refractivity (Wildman–Crippen MR) is 100 cm³/mol. The Morgan fingerprint density at radius 1 is 1.04 bits per heavy atom. The van der Waals surface area contributed by atoms with Crippen LogP contribution >= 0.6 is 0 Å². The summed E-state index contributed by atoms with van der Waals surface area (Å²) in [5, 5.41) is 10.7. The van der Waals surface area contributed by atoms with Crippen molar-refractivity contribution >= 4 is 11.9 Å². The molecule has 5 heteroatoms. The lowest BCUT2D eigenvalue weighted by atomic mass is 9.90. The maximum atomic E-state index is 12.3. The maximum absolute atomic E-state index is 12.3. The summed E-state index contributed by atoms with van der Waals surface area (Å²) in [5.41, 5.74) is 5.41. The third kappa shape index (κ3) is 3.38. The van der Waals surface area contributed by atoms with Crippen molar-refractivity contribution in [3.8, 4) is 11.5 Å². The highest BCUT2D eigenvalue weighted by Crippen LogP contribution is 2.27. The number of nitrogens with one attached hydrogen (secondary N) is 1. The molecule has 1 amide bonds. The Kier molecular flexibility index (Phi) is 4.52. The number of rotatable bonds is 4. The zero-order chi connectivity index (χ0) is 17.9. The second kappa shape index (κ2) is 7.12. The topological polar surface area (TPSA) is 68.0 Å². The van der Waals surface area contributed by atoms with Gasteiger partial charge < -0.3 is 4.42 Å². The van der Waals surface area contributed by atoms with E-state index in [1.165, 1.54) is 29.5 Å². The maximum Gasteiger partial charge on any atom is 0.322 e. The highest BCUT2D eigenvalue weighted by atomic mass is 16.4. The first kappa shape index (κ1) is 16.5. The number of anilines is 1. The van der Waals surface area contributed by atoms with E-state index in [4.69, 9.17) is 4.42 Å². The van der Waals surface area contributed by atoms with Crippen molar-refractivity contribution in [2.75, 3.05) is 5.32 Å². The molecule has 0 saturated carbocycles. The summed E-state index contributed by atoms with van der Waals surface area (Å²) in [5.74, 6) is 0.170. The molecule has 3 aromatic rings. The van der Waals surface area contributed by atoms with E-state index in [9.17, 15) is 4.79 Å². The summed E-state index contributed by atoms with van der Waals surface area (Å²) in [6.07, 6.45) is 5.64. The van der Waals surface area contributed by atoms with Crippen LogP contribution in [0.2, 0.25) is 0 Å². The average Bonchev–Trinajstić information content (AvgIpc) is 3.16. The average molecular weight is 347 g/mol. The minimum absolute atomic E-state index is 0.113. The Balaban J connectivity index is 1.50. The van der Waals surface area contributed by atoms with Crippen LogP contribution in [0.25, 0.3) is 11.5 Å². The largest absolute Gasteiger partial charge is 0.403 e. The molecule has 1 aromatic heterocycles. The van der Waals surface area contributed by atoms with Gasteiger partial charge in [0.05, 0.1) is 0 Å². The summed E-state index contributed by atoms with van der Waals surface area (Å²) < 4.78 is 5.64. The van der Waals surface area contributed by atoms with Crippen LogP contribution in [0.1, 0.15) is 46.8 Å². The van der Waals surface area contributed by atoms with Gasteiger partial charge in [-0.1, -0.05) is 30.2 Å². The molecule has 4 rings (SSSR count). The molecule has 5 nitrogen and oxygen atoms in total. The first-order chi connectivity index (χ1) is 12.7.